The van der Waals surface area contributed by atoms with Gasteiger partial charge in [-0.1, -0.05) is 57.2 Å². The first-order chi connectivity index (χ1) is 13.7. The normalized spacial score (nSPS) is 14.8. The first kappa shape index (κ1) is 20.9. The standard InChI is InChI=1S/C24H31N3O2/c1-18-11-12-21(20(15-18)25-22(28)16-24(2,3)4)27-14-8-13-26(23(27)29)17-19-9-6-5-7-10-19/h5-7,9-12,15H,8,13-14,16-17H2,1-4H3,(H,25,28). The summed E-state index contributed by atoms with van der Waals surface area (Å²) in [6.07, 6.45) is 1.32. The monoisotopic (exact) mass is 393 g/mol. The van der Waals surface area contributed by atoms with Gasteiger partial charge in [0.1, 0.15) is 0 Å². The molecule has 0 spiro atoms. The average molecular weight is 394 g/mol. The summed E-state index contributed by atoms with van der Waals surface area (Å²) in [5.41, 5.74) is 3.53. The first-order valence-electron chi connectivity index (χ1n) is 10.2. The van der Waals surface area contributed by atoms with E-state index < -0.39 is 0 Å². The number of nitrogens with zero attached hydrogens (tertiary/aromatic N) is 2. The molecular weight excluding hydrogens is 362 g/mol. The number of nitrogens with one attached hydrogen (secondary N) is 1. The maximum absolute atomic E-state index is 13.2. The molecule has 0 bridgehead atoms. The second kappa shape index (κ2) is 8.68. The number of hydrogen-bond acceptors (Lipinski definition) is 2. The van der Waals surface area contributed by atoms with Crippen LogP contribution in [0.4, 0.5) is 16.2 Å². The molecule has 1 N–H and O–H groups in total. The molecule has 1 fully saturated rings. The van der Waals surface area contributed by atoms with Gasteiger partial charge in [0.2, 0.25) is 5.91 Å². The molecule has 29 heavy (non-hydrogen) atoms. The SMILES string of the molecule is Cc1ccc(N2CCCN(Cc3ccccc3)C2=O)c(NC(=O)CC(C)(C)C)c1. The summed E-state index contributed by atoms with van der Waals surface area (Å²) in [7, 11) is 0. The van der Waals surface area contributed by atoms with Crippen LogP contribution in [-0.2, 0) is 11.3 Å². The summed E-state index contributed by atoms with van der Waals surface area (Å²) in [6.45, 7) is 10.1. The van der Waals surface area contributed by atoms with Crippen LogP contribution >= 0.6 is 0 Å². The fourth-order valence-corrected chi connectivity index (χ4v) is 3.62. The van der Waals surface area contributed by atoms with Crippen LogP contribution in [0.15, 0.2) is 48.5 Å². The molecule has 2 aromatic carbocycles. The van der Waals surface area contributed by atoms with Crippen LogP contribution in [0, 0.1) is 12.3 Å². The van der Waals surface area contributed by atoms with E-state index >= 15 is 0 Å². The molecule has 154 valence electrons. The van der Waals surface area contributed by atoms with Crippen molar-refractivity contribution in [3.05, 3.63) is 59.7 Å². The van der Waals surface area contributed by atoms with Gasteiger partial charge in [0.25, 0.3) is 0 Å². The van der Waals surface area contributed by atoms with Crippen molar-refractivity contribution >= 4 is 23.3 Å². The maximum atomic E-state index is 13.2. The topological polar surface area (TPSA) is 52.6 Å². The van der Waals surface area contributed by atoms with Crippen molar-refractivity contribution in [3.8, 4) is 0 Å². The van der Waals surface area contributed by atoms with E-state index in [1.807, 2.05) is 81.1 Å². The second-order valence-electron chi connectivity index (χ2n) is 9.00. The molecule has 0 saturated carbocycles. The summed E-state index contributed by atoms with van der Waals surface area (Å²) in [6, 6.07) is 15.9. The number of hydrogen-bond donors (Lipinski definition) is 1. The molecule has 2 aromatic rings. The Bertz CT molecular complexity index is 871. The highest BCUT2D eigenvalue weighted by Crippen LogP contribution is 2.31. The zero-order valence-electron chi connectivity index (χ0n) is 17.9. The third-order valence-electron chi connectivity index (χ3n) is 4.94. The van der Waals surface area contributed by atoms with E-state index in [4.69, 9.17) is 0 Å². The van der Waals surface area contributed by atoms with Crippen LogP contribution in [-0.4, -0.2) is 29.9 Å². The highest BCUT2D eigenvalue weighted by molar-refractivity contribution is 6.01. The molecular formula is C24H31N3O2. The highest BCUT2D eigenvalue weighted by atomic mass is 16.2. The van der Waals surface area contributed by atoms with Crippen LogP contribution in [0.3, 0.4) is 0 Å². The molecule has 1 aliphatic rings. The lowest BCUT2D eigenvalue weighted by Gasteiger charge is -2.36. The van der Waals surface area contributed by atoms with Crippen molar-refractivity contribution < 1.29 is 9.59 Å². The van der Waals surface area contributed by atoms with E-state index in [0.29, 0.717) is 25.2 Å². The van der Waals surface area contributed by atoms with Crippen LogP contribution < -0.4 is 10.2 Å². The lowest BCUT2D eigenvalue weighted by molar-refractivity contribution is -0.117. The molecule has 0 radical (unpaired) electrons. The van der Waals surface area contributed by atoms with E-state index in [2.05, 4.69) is 5.32 Å². The Balaban J connectivity index is 1.81. The van der Waals surface area contributed by atoms with E-state index in [9.17, 15) is 9.59 Å². The molecule has 1 aliphatic heterocycles. The number of carbonyl (C=O) groups is 2. The fourth-order valence-electron chi connectivity index (χ4n) is 3.62. The Kier molecular flexibility index (Phi) is 6.26. The number of aryl methyl sites for hydroxylation is 1. The van der Waals surface area contributed by atoms with Crippen LogP contribution in [0.2, 0.25) is 0 Å². The quantitative estimate of drug-likeness (QED) is 0.759. The molecule has 0 atom stereocenters. The van der Waals surface area contributed by atoms with Gasteiger partial charge in [-0.3, -0.25) is 9.69 Å². The van der Waals surface area contributed by atoms with Crippen molar-refractivity contribution in [2.75, 3.05) is 23.3 Å². The van der Waals surface area contributed by atoms with E-state index in [-0.39, 0.29) is 17.4 Å². The van der Waals surface area contributed by atoms with Crippen molar-refractivity contribution in [1.29, 1.82) is 0 Å². The minimum atomic E-state index is -0.0957. The summed E-state index contributed by atoms with van der Waals surface area (Å²) >= 11 is 0. The minimum Gasteiger partial charge on any atom is -0.324 e. The fraction of sp³-hybridized carbons (Fsp3) is 0.417. The highest BCUT2D eigenvalue weighted by Gasteiger charge is 2.29. The van der Waals surface area contributed by atoms with Gasteiger partial charge >= 0.3 is 6.03 Å². The minimum absolute atomic E-state index is 0.0183. The molecule has 0 unspecified atom stereocenters. The van der Waals surface area contributed by atoms with Gasteiger partial charge in [0.15, 0.2) is 0 Å². The second-order valence-corrected chi connectivity index (χ2v) is 9.00. The smallest absolute Gasteiger partial charge is 0.324 e. The lowest BCUT2D eigenvalue weighted by Crippen LogP contribution is -2.49. The third-order valence-corrected chi connectivity index (χ3v) is 4.94. The zero-order valence-corrected chi connectivity index (χ0v) is 17.9. The van der Waals surface area contributed by atoms with Crippen molar-refractivity contribution in [2.45, 2.75) is 47.1 Å². The summed E-state index contributed by atoms with van der Waals surface area (Å²) in [4.78, 5) is 29.4. The Hall–Kier alpha value is -2.82. The van der Waals surface area contributed by atoms with Gasteiger partial charge < -0.3 is 10.2 Å². The van der Waals surface area contributed by atoms with Gasteiger partial charge in [-0.2, -0.15) is 0 Å². The van der Waals surface area contributed by atoms with E-state index in [0.717, 1.165) is 29.8 Å². The summed E-state index contributed by atoms with van der Waals surface area (Å²) < 4.78 is 0. The summed E-state index contributed by atoms with van der Waals surface area (Å²) in [5, 5.41) is 3.04. The largest absolute Gasteiger partial charge is 0.324 e. The Labute approximate surface area is 173 Å². The summed E-state index contributed by atoms with van der Waals surface area (Å²) in [5.74, 6) is -0.0325. The van der Waals surface area contributed by atoms with Gasteiger partial charge in [-0.05, 0) is 42.0 Å². The molecule has 1 heterocycles. The molecule has 0 aromatic heterocycles. The molecule has 5 nitrogen and oxygen atoms in total. The number of carbonyl (C=O) groups excluding carboxylic acids is 2. The number of anilines is 2. The average Bonchev–Trinajstić information content (AvgIpc) is 2.63. The number of rotatable bonds is 5. The molecule has 3 amide bonds. The maximum Gasteiger partial charge on any atom is 0.324 e. The van der Waals surface area contributed by atoms with Crippen LogP contribution in [0.5, 0.6) is 0 Å². The van der Waals surface area contributed by atoms with Crippen LogP contribution in [0.25, 0.3) is 0 Å². The van der Waals surface area contributed by atoms with Crippen molar-refractivity contribution in [2.24, 2.45) is 5.41 Å². The van der Waals surface area contributed by atoms with Gasteiger partial charge in [0, 0.05) is 26.1 Å². The van der Waals surface area contributed by atoms with Crippen molar-refractivity contribution in [3.63, 3.8) is 0 Å². The van der Waals surface area contributed by atoms with Crippen molar-refractivity contribution in [1.82, 2.24) is 4.90 Å². The Morgan fingerprint density at radius 1 is 1.07 bits per heavy atom. The Morgan fingerprint density at radius 3 is 2.48 bits per heavy atom. The van der Waals surface area contributed by atoms with Gasteiger partial charge in [-0.25, -0.2) is 4.79 Å². The molecule has 0 aliphatic carbocycles. The zero-order chi connectivity index (χ0) is 21.0. The number of benzene rings is 2. The van der Waals surface area contributed by atoms with Gasteiger partial charge in [0.05, 0.1) is 11.4 Å². The van der Waals surface area contributed by atoms with Gasteiger partial charge in [-0.15, -0.1) is 0 Å². The van der Waals surface area contributed by atoms with E-state index in [1.54, 1.807) is 4.90 Å². The number of urea groups is 1. The first-order valence-corrected chi connectivity index (χ1v) is 10.2. The predicted octanol–water partition coefficient (Wildman–Crippen LogP) is 5.20. The lowest BCUT2D eigenvalue weighted by atomic mass is 9.92. The van der Waals surface area contributed by atoms with Crippen LogP contribution in [0.1, 0.15) is 44.7 Å². The molecule has 5 heteroatoms. The molecule has 3 rings (SSSR count). The molecule has 1 saturated heterocycles. The Morgan fingerprint density at radius 2 is 1.79 bits per heavy atom. The van der Waals surface area contributed by atoms with E-state index in [1.165, 1.54) is 0 Å². The predicted molar refractivity (Wildman–Crippen MR) is 118 cm³/mol. The number of amides is 3. The third kappa shape index (κ3) is 5.59.